The van der Waals surface area contributed by atoms with Gasteiger partial charge in [-0.05, 0) is 18.6 Å². The van der Waals surface area contributed by atoms with Crippen LogP contribution in [0.25, 0.3) is 0 Å². The molecule has 1 unspecified atom stereocenters. The quantitative estimate of drug-likeness (QED) is 0.594. The summed E-state index contributed by atoms with van der Waals surface area (Å²) in [7, 11) is 0. The summed E-state index contributed by atoms with van der Waals surface area (Å²) in [5.74, 6) is 0.254. The third-order valence-corrected chi connectivity index (χ3v) is 5.06. The molecule has 2 aromatic rings. The number of amides is 2. The average Bonchev–Trinajstić information content (AvgIpc) is 2.72. The summed E-state index contributed by atoms with van der Waals surface area (Å²) >= 11 is 6.19. The Hall–Kier alpha value is -2.61. The van der Waals surface area contributed by atoms with Crippen molar-refractivity contribution >= 4 is 35.3 Å². The SMILES string of the molecule is CCOc1cc(NC=O)c(Cl)cc1NC(=O)CC1CN(Cc2ccccc2)CCO1. The number of benzene rings is 2. The van der Waals surface area contributed by atoms with Crippen LogP contribution in [0.15, 0.2) is 42.5 Å². The van der Waals surface area contributed by atoms with Crippen molar-refractivity contribution < 1.29 is 19.1 Å². The van der Waals surface area contributed by atoms with Crippen molar-refractivity contribution in [3.63, 3.8) is 0 Å². The molecular formula is C22H26ClN3O4. The first-order valence-corrected chi connectivity index (χ1v) is 10.3. The van der Waals surface area contributed by atoms with Gasteiger partial charge in [0, 0.05) is 25.7 Å². The molecule has 1 heterocycles. The number of ether oxygens (including phenoxy) is 2. The molecule has 1 atom stereocenters. The Morgan fingerprint density at radius 2 is 2.10 bits per heavy atom. The van der Waals surface area contributed by atoms with Crippen LogP contribution < -0.4 is 15.4 Å². The van der Waals surface area contributed by atoms with Gasteiger partial charge in [-0.15, -0.1) is 0 Å². The Morgan fingerprint density at radius 1 is 1.30 bits per heavy atom. The van der Waals surface area contributed by atoms with Crippen molar-refractivity contribution in [1.29, 1.82) is 0 Å². The molecule has 0 radical (unpaired) electrons. The summed E-state index contributed by atoms with van der Waals surface area (Å²) < 4.78 is 11.4. The maximum Gasteiger partial charge on any atom is 0.227 e. The van der Waals surface area contributed by atoms with Gasteiger partial charge < -0.3 is 20.1 Å². The second-order valence-corrected chi connectivity index (χ2v) is 7.40. The van der Waals surface area contributed by atoms with E-state index < -0.39 is 0 Å². The van der Waals surface area contributed by atoms with E-state index in [9.17, 15) is 9.59 Å². The van der Waals surface area contributed by atoms with Gasteiger partial charge in [0.15, 0.2) is 0 Å². The minimum absolute atomic E-state index is 0.185. The number of carbonyl (C=O) groups excluding carboxylic acids is 2. The van der Waals surface area contributed by atoms with E-state index in [2.05, 4.69) is 27.7 Å². The highest BCUT2D eigenvalue weighted by molar-refractivity contribution is 6.34. The zero-order chi connectivity index (χ0) is 21.3. The number of hydrogen-bond acceptors (Lipinski definition) is 5. The molecule has 0 bridgehead atoms. The van der Waals surface area contributed by atoms with Crippen molar-refractivity contribution in [2.45, 2.75) is 26.0 Å². The number of rotatable bonds is 9. The Morgan fingerprint density at radius 3 is 2.83 bits per heavy atom. The third-order valence-electron chi connectivity index (χ3n) is 4.74. The minimum atomic E-state index is -0.190. The molecule has 1 aliphatic rings. The number of anilines is 2. The zero-order valence-corrected chi connectivity index (χ0v) is 17.7. The highest BCUT2D eigenvalue weighted by atomic mass is 35.5. The van der Waals surface area contributed by atoms with Crippen LogP contribution in [0.5, 0.6) is 5.75 Å². The zero-order valence-electron chi connectivity index (χ0n) is 16.9. The first-order valence-electron chi connectivity index (χ1n) is 9.93. The maximum absolute atomic E-state index is 12.6. The molecular weight excluding hydrogens is 406 g/mol. The van der Waals surface area contributed by atoms with Crippen LogP contribution in [0.3, 0.4) is 0 Å². The second kappa shape index (κ2) is 11.0. The molecule has 1 fully saturated rings. The van der Waals surface area contributed by atoms with Crippen molar-refractivity contribution in [3.05, 3.63) is 53.1 Å². The average molecular weight is 432 g/mol. The number of nitrogens with zero attached hydrogens (tertiary/aromatic N) is 1. The molecule has 0 aromatic heterocycles. The van der Waals surface area contributed by atoms with Crippen molar-refractivity contribution in [1.82, 2.24) is 4.90 Å². The van der Waals surface area contributed by atoms with E-state index in [0.29, 0.717) is 48.3 Å². The molecule has 2 amide bonds. The molecule has 30 heavy (non-hydrogen) atoms. The predicted octanol–water partition coefficient (Wildman–Crippen LogP) is 3.54. The molecule has 7 nitrogen and oxygen atoms in total. The topological polar surface area (TPSA) is 79.9 Å². The van der Waals surface area contributed by atoms with E-state index in [1.54, 1.807) is 12.1 Å². The van der Waals surface area contributed by atoms with Crippen molar-refractivity contribution in [2.75, 3.05) is 36.9 Å². The summed E-state index contributed by atoms with van der Waals surface area (Å²) in [4.78, 5) is 25.7. The lowest BCUT2D eigenvalue weighted by Crippen LogP contribution is -2.43. The normalized spacial score (nSPS) is 16.7. The molecule has 8 heteroatoms. The first-order chi connectivity index (χ1) is 14.6. The Kier molecular flexibility index (Phi) is 8.07. The fourth-order valence-electron chi connectivity index (χ4n) is 3.40. The van der Waals surface area contributed by atoms with Crippen LogP contribution in [-0.4, -0.2) is 49.6 Å². The number of morpholine rings is 1. The summed E-state index contributed by atoms with van der Waals surface area (Å²) in [6, 6.07) is 13.4. The van der Waals surface area contributed by atoms with Crippen molar-refractivity contribution in [2.24, 2.45) is 0 Å². The smallest absolute Gasteiger partial charge is 0.227 e. The van der Waals surface area contributed by atoms with Gasteiger partial charge in [-0.3, -0.25) is 14.5 Å². The number of halogens is 1. The molecule has 2 N–H and O–H groups in total. The predicted molar refractivity (Wildman–Crippen MR) is 117 cm³/mol. The highest BCUT2D eigenvalue weighted by Gasteiger charge is 2.23. The van der Waals surface area contributed by atoms with Gasteiger partial charge in [0.1, 0.15) is 5.75 Å². The lowest BCUT2D eigenvalue weighted by atomic mass is 10.1. The summed E-state index contributed by atoms with van der Waals surface area (Å²) in [6.07, 6.45) is 0.573. The van der Waals surface area contributed by atoms with Crippen LogP contribution in [0.2, 0.25) is 5.02 Å². The van der Waals surface area contributed by atoms with E-state index >= 15 is 0 Å². The lowest BCUT2D eigenvalue weighted by molar-refractivity contribution is -0.121. The van der Waals surface area contributed by atoms with Gasteiger partial charge in [0.2, 0.25) is 12.3 Å². The number of carbonyl (C=O) groups is 2. The standard InChI is InChI=1S/C22H26ClN3O4/c1-2-29-21-12-19(24-15-27)18(23)11-20(21)25-22(28)10-17-14-26(8-9-30-17)13-16-6-4-3-5-7-16/h3-7,11-12,15,17H,2,8-10,13-14H2,1H3,(H,24,27)(H,25,28). The largest absolute Gasteiger partial charge is 0.492 e. The van der Waals surface area contributed by atoms with Crippen molar-refractivity contribution in [3.8, 4) is 5.75 Å². The molecule has 0 spiro atoms. The molecule has 1 aliphatic heterocycles. The van der Waals surface area contributed by atoms with E-state index in [1.807, 2.05) is 25.1 Å². The Bertz CT molecular complexity index is 863. The summed E-state index contributed by atoms with van der Waals surface area (Å²) in [5.41, 5.74) is 2.11. The number of hydrogen-bond donors (Lipinski definition) is 2. The van der Waals surface area contributed by atoms with Crippen LogP contribution in [0, 0.1) is 0 Å². The summed E-state index contributed by atoms with van der Waals surface area (Å²) in [5, 5.41) is 5.68. The number of nitrogens with one attached hydrogen (secondary N) is 2. The van der Waals surface area contributed by atoms with E-state index in [0.717, 1.165) is 13.1 Å². The monoisotopic (exact) mass is 431 g/mol. The van der Waals surface area contributed by atoms with Gasteiger partial charge >= 0.3 is 0 Å². The van der Waals surface area contributed by atoms with E-state index in [1.165, 1.54) is 5.56 Å². The van der Waals surface area contributed by atoms with Crippen LogP contribution >= 0.6 is 11.6 Å². The minimum Gasteiger partial charge on any atom is -0.492 e. The van der Waals surface area contributed by atoms with E-state index in [-0.39, 0.29) is 18.4 Å². The van der Waals surface area contributed by atoms with Gasteiger partial charge in [0.25, 0.3) is 0 Å². The highest BCUT2D eigenvalue weighted by Crippen LogP contribution is 2.34. The van der Waals surface area contributed by atoms with Gasteiger partial charge in [-0.1, -0.05) is 41.9 Å². The van der Waals surface area contributed by atoms with Crippen LogP contribution in [-0.2, 0) is 20.9 Å². The van der Waals surface area contributed by atoms with Gasteiger partial charge in [-0.25, -0.2) is 0 Å². The Labute approximate surface area is 181 Å². The van der Waals surface area contributed by atoms with Gasteiger partial charge in [-0.2, -0.15) is 0 Å². The molecule has 160 valence electrons. The van der Waals surface area contributed by atoms with Gasteiger partial charge in [0.05, 0.1) is 42.1 Å². The molecule has 0 aliphatic carbocycles. The van der Waals surface area contributed by atoms with Crippen LogP contribution in [0.1, 0.15) is 18.9 Å². The Balaban J connectivity index is 1.60. The molecule has 2 aromatic carbocycles. The lowest BCUT2D eigenvalue weighted by Gasteiger charge is -2.32. The van der Waals surface area contributed by atoms with E-state index in [4.69, 9.17) is 21.1 Å². The van der Waals surface area contributed by atoms with Crippen LogP contribution in [0.4, 0.5) is 11.4 Å². The maximum atomic E-state index is 12.6. The fraction of sp³-hybridized carbons (Fsp3) is 0.364. The second-order valence-electron chi connectivity index (χ2n) is 6.99. The first kappa shape index (κ1) is 22.1. The fourth-order valence-corrected chi connectivity index (χ4v) is 3.62. The summed E-state index contributed by atoms with van der Waals surface area (Å²) in [6.45, 7) is 5.19. The molecule has 0 saturated carbocycles. The molecule has 1 saturated heterocycles. The third kappa shape index (κ3) is 6.19. The molecule has 3 rings (SSSR count).